The predicted molar refractivity (Wildman–Crippen MR) is 140 cm³/mol. The summed E-state index contributed by atoms with van der Waals surface area (Å²) in [6.45, 7) is 6.33. The standard InChI is InChI=1S/C25H37N5O6S/c1-16(2)20(27-25(36)29-11-9-28(3)10-12-29)23(33)30-15-37-14-19(30)22(32)26-18(21(31)24(34)35)13-17-7-5-4-6-8-17/h4-8,16,18-21,31H,9-15H2,1-3H3,(H,26,32)(H,27,36)(H,34,35)/t18-,19-,20-,21?/m0/s1. The maximum Gasteiger partial charge on any atom is 0.334 e. The number of aliphatic hydroxyl groups excluding tert-OH is 1. The van der Waals surface area contributed by atoms with Gasteiger partial charge in [0.05, 0.1) is 11.9 Å². The molecule has 12 heteroatoms. The first-order valence-corrected chi connectivity index (χ1v) is 13.6. The number of hydrogen-bond donors (Lipinski definition) is 4. The molecule has 1 unspecified atom stereocenters. The summed E-state index contributed by atoms with van der Waals surface area (Å²) in [7, 11) is 1.99. The third-order valence-electron chi connectivity index (χ3n) is 6.73. The molecule has 1 aromatic carbocycles. The maximum atomic E-state index is 13.5. The van der Waals surface area contributed by atoms with Crippen molar-refractivity contribution in [2.75, 3.05) is 44.9 Å². The SMILES string of the molecule is CC(C)[C@H](NC(=O)N1CCN(C)CC1)C(=O)N1CSC[C@H]1C(=O)N[C@@H](Cc1ccccc1)C(O)C(=O)O. The van der Waals surface area contributed by atoms with Gasteiger partial charge >= 0.3 is 12.0 Å². The van der Waals surface area contributed by atoms with E-state index in [1.165, 1.54) is 16.7 Å². The Balaban J connectivity index is 1.69. The van der Waals surface area contributed by atoms with Gasteiger partial charge in [-0.3, -0.25) is 9.59 Å². The molecule has 2 aliphatic heterocycles. The lowest BCUT2D eigenvalue weighted by Gasteiger charge is -2.35. The van der Waals surface area contributed by atoms with Crippen molar-refractivity contribution < 1.29 is 29.4 Å². The van der Waals surface area contributed by atoms with E-state index in [-0.39, 0.29) is 30.2 Å². The number of carbonyl (C=O) groups is 4. The van der Waals surface area contributed by atoms with E-state index in [1.807, 2.05) is 27.0 Å². The summed E-state index contributed by atoms with van der Waals surface area (Å²) >= 11 is 1.41. The lowest BCUT2D eigenvalue weighted by Crippen LogP contribution is -2.60. The van der Waals surface area contributed by atoms with Crippen LogP contribution in [-0.2, 0) is 20.8 Å². The smallest absolute Gasteiger partial charge is 0.334 e. The van der Waals surface area contributed by atoms with Gasteiger partial charge in [-0.15, -0.1) is 11.8 Å². The van der Waals surface area contributed by atoms with E-state index in [2.05, 4.69) is 15.5 Å². The number of rotatable bonds is 9. The first-order chi connectivity index (χ1) is 17.6. The number of carboxylic acids is 1. The fraction of sp³-hybridized carbons (Fsp3) is 0.600. The molecule has 4 atom stereocenters. The van der Waals surface area contributed by atoms with Crippen LogP contribution in [0.1, 0.15) is 19.4 Å². The quantitative estimate of drug-likeness (QED) is 0.347. The van der Waals surface area contributed by atoms with Gasteiger partial charge in [-0.25, -0.2) is 9.59 Å². The number of aliphatic carboxylic acids is 1. The zero-order valence-electron chi connectivity index (χ0n) is 21.5. The summed E-state index contributed by atoms with van der Waals surface area (Å²) < 4.78 is 0. The summed E-state index contributed by atoms with van der Waals surface area (Å²) in [4.78, 5) is 56.4. The first kappa shape index (κ1) is 28.7. The van der Waals surface area contributed by atoms with Crippen LogP contribution in [0.4, 0.5) is 4.79 Å². The van der Waals surface area contributed by atoms with E-state index in [4.69, 9.17) is 0 Å². The molecule has 4 amide bonds. The Morgan fingerprint density at radius 3 is 2.30 bits per heavy atom. The molecule has 2 fully saturated rings. The minimum Gasteiger partial charge on any atom is -0.479 e. The summed E-state index contributed by atoms with van der Waals surface area (Å²) in [6, 6.07) is 5.92. The van der Waals surface area contributed by atoms with E-state index in [0.29, 0.717) is 18.8 Å². The van der Waals surface area contributed by atoms with Crippen LogP contribution in [0, 0.1) is 5.92 Å². The average molecular weight is 536 g/mol. The maximum absolute atomic E-state index is 13.5. The minimum atomic E-state index is -1.81. The number of piperazine rings is 1. The van der Waals surface area contributed by atoms with E-state index < -0.39 is 36.1 Å². The van der Waals surface area contributed by atoms with Gasteiger partial charge in [0.2, 0.25) is 11.8 Å². The number of carboxylic acid groups (broad SMARTS) is 1. The number of aliphatic hydroxyl groups is 1. The van der Waals surface area contributed by atoms with Crippen LogP contribution in [0.5, 0.6) is 0 Å². The molecule has 4 N–H and O–H groups in total. The van der Waals surface area contributed by atoms with Gasteiger partial charge in [-0.1, -0.05) is 44.2 Å². The lowest BCUT2D eigenvalue weighted by molar-refractivity contribution is -0.149. The van der Waals surface area contributed by atoms with Crippen LogP contribution in [0.2, 0.25) is 0 Å². The van der Waals surface area contributed by atoms with Crippen LogP contribution in [0.3, 0.4) is 0 Å². The second kappa shape index (κ2) is 13.1. The Labute approximate surface area is 221 Å². The summed E-state index contributed by atoms with van der Waals surface area (Å²) in [6.07, 6.45) is -1.70. The highest BCUT2D eigenvalue weighted by Gasteiger charge is 2.41. The molecule has 0 spiro atoms. The second-order valence-electron chi connectivity index (χ2n) is 9.87. The van der Waals surface area contributed by atoms with Crippen molar-refractivity contribution in [3.63, 3.8) is 0 Å². The summed E-state index contributed by atoms with van der Waals surface area (Å²) in [5, 5.41) is 25.2. The van der Waals surface area contributed by atoms with Gasteiger partial charge in [0.15, 0.2) is 6.10 Å². The van der Waals surface area contributed by atoms with Gasteiger partial charge in [0, 0.05) is 31.9 Å². The zero-order chi connectivity index (χ0) is 27.1. The number of carbonyl (C=O) groups excluding carboxylic acids is 3. The number of hydrogen-bond acceptors (Lipinski definition) is 7. The Hall–Kier alpha value is -2.83. The van der Waals surface area contributed by atoms with Crippen LogP contribution in [0.25, 0.3) is 0 Å². The lowest BCUT2D eigenvalue weighted by atomic mass is 10.00. The van der Waals surface area contributed by atoms with Crippen LogP contribution in [-0.4, -0.2) is 118 Å². The van der Waals surface area contributed by atoms with Crippen molar-refractivity contribution in [3.8, 4) is 0 Å². The summed E-state index contributed by atoms with van der Waals surface area (Å²) in [5.74, 6) is -1.95. The topological polar surface area (TPSA) is 143 Å². The Morgan fingerprint density at radius 1 is 1.05 bits per heavy atom. The molecule has 11 nitrogen and oxygen atoms in total. The molecule has 0 saturated carbocycles. The molecule has 2 aliphatic rings. The fourth-order valence-corrected chi connectivity index (χ4v) is 5.53. The van der Waals surface area contributed by atoms with E-state index in [9.17, 15) is 29.4 Å². The molecule has 0 aliphatic carbocycles. The van der Waals surface area contributed by atoms with Gasteiger partial charge in [-0.05, 0) is 24.9 Å². The zero-order valence-corrected chi connectivity index (χ0v) is 22.3. The third-order valence-corrected chi connectivity index (χ3v) is 7.74. The largest absolute Gasteiger partial charge is 0.479 e. The van der Waals surface area contributed by atoms with E-state index in [0.717, 1.165) is 18.7 Å². The van der Waals surface area contributed by atoms with Crippen molar-refractivity contribution in [1.29, 1.82) is 0 Å². The van der Waals surface area contributed by atoms with Gasteiger partial charge < -0.3 is 35.5 Å². The molecule has 2 heterocycles. The molecule has 0 bridgehead atoms. The number of likely N-dealkylation sites (N-methyl/N-ethyl adjacent to an activating group) is 1. The fourth-order valence-electron chi connectivity index (χ4n) is 4.36. The number of amides is 4. The van der Waals surface area contributed by atoms with Crippen molar-refractivity contribution in [2.45, 2.75) is 44.5 Å². The van der Waals surface area contributed by atoms with Crippen LogP contribution >= 0.6 is 11.8 Å². The summed E-state index contributed by atoms with van der Waals surface area (Å²) in [5.41, 5.74) is 0.758. The minimum absolute atomic E-state index is 0.115. The van der Waals surface area contributed by atoms with Gasteiger partial charge in [0.25, 0.3) is 0 Å². The number of benzene rings is 1. The molecule has 0 radical (unpaired) electrons. The number of nitrogens with one attached hydrogen (secondary N) is 2. The van der Waals surface area contributed by atoms with Crippen molar-refractivity contribution in [1.82, 2.24) is 25.3 Å². The molecule has 2 saturated heterocycles. The normalized spacial score (nSPS) is 20.8. The predicted octanol–water partition coefficient (Wildman–Crippen LogP) is 0.0425. The molecule has 37 heavy (non-hydrogen) atoms. The highest BCUT2D eigenvalue weighted by atomic mass is 32.2. The monoisotopic (exact) mass is 535 g/mol. The Kier molecular flexibility index (Phi) is 10.2. The highest BCUT2D eigenvalue weighted by molar-refractivity contribution is 7.99. The number of nitrogens with zero attached hydrogens (tertiary/aromatic N) is 3. The highest BCUT2D eigenvalue weighted by Crippen LogP contribution is 2.24. The third kappa shape index (κ3) is 7.59. The molecular formula is C25H37N5O6S. The van der Waals surface area contributed by atoms with Crippen molar-refractivity contribution in [3.05, 3.63) is 35.9 Å². The van der Waals surface area contributed by atoms with Crippen molar-refractivity contribution >= 4 is 35.6 Å². The molecule has 1 aromatic rings. The van der Waals surface area contributed by atoms with Crippen LogP contribution < -0.4 is 10.6 Å². The van der Waals surface area contributed by atoms with Crippen LogP contribution in [0.15, 0.2) is 30.3 Å². The molecule has 3 rings (SSSR count). The van der Waals surface area contributed by atoms with Gasteiger partial charge in [0.1, 0.15) is 12.1 Å². The Bertz CT molecular complexity index is 956. The number of thioether (sulfide) groups is 1. The van der Waals surface area contributed by atoms with Gasteiger partial charge in [-0.2, -0.15) is 0 Å². The van der Waals surface area contributed by atoms with E-state index in [1.54, 1.807) is 29.2 Å². The second-order valence-corrected chi connectivity index (χ2v) is 10.9. The van der Waals surface area contributed by atoms with Crippen molar-refractivity contribution in [2.24, 2.45) is 5.92 Å². The average Bonchev–Trinajstić information content (AvgIpc) is 3.37. The Morgan fingerprint density at radius 2 is 1.70 bits per heavy atom. The molecular weight excluding hydrogens is 498 g/mol. The number of urea groups is 1. The molecule has 0 aromatic heterocycles. The first-order valence-electron chi connectivity index (χ1n) is 12.5. The molecule has 204 valence electrons. The van der Waals surface area contributed by atoms with E-state index >= 15 is 0 Å².